The summed E-state index contributed by atoms with van der Waals surface area (Å²) < 4.78 is 0. The zero-order chi connectivity index (χ0) is 14.3. The van der Waals surface area contributed by atoms with Crippen molar-refractivity contribution >= 4 is 18.4 Å². The van der Waals surface area contributed by atoms with E-state index in [9.17, 15) is 4.79 Å². The zero-order valence-corrected chi connectivity index (χ0v) is 13.1. The lowest BCUT2D eigenvalue weighted by molar-refractivity contribution is -0.132. The third-order valence-corrected chi connectivity index (χ3v) is 2.78. The van der Waals surface area contributed by atoms with Crippen molar-refractivity contribution in [3.05, 3.63) is 47.7 Å². The number of nitrogens with zero attached hydrogens (tertiary/aromatic N) is 2. The van der Waals surface area contributed by atoms with Crippen LogP contribution >= 0.6 is 12.4 Å². The van der Waals surface area contributed by atoms with Crippen molar-refractivity contribution in [2.24, 2.45) is 0 Å². The van der Waals surface area contributed by atoms with Crippen LogP contribution in [0.25, 0.3) is 0 Å². The van der Waals surface area contributed by atoms with Crippen LogP contribution in [0.4, 0.5) is 0 Å². The second-order valence-corrected chi connectivity index (χ2v) is 4.88. The molecule has 0 fully saturated rings. The Morgan fingerprint density at radius 2 is 1.80 bits per heavy atom. The zero-order valence-electron chi connectivity index (χ0n) is 12.2. The molecule has 20 heavy (non-hydrogen) atoms. The standard InChI is InChI=1S/C15H22N2O2.ClH/c1-13(15(18)19)11-17(10-9-16(2)3)12-14-7-5-4-6-8-14;/h4-8,11H,9-10,12H2,1-3H3,(H,18,19);1H. The number of hydrogen-bond acceptors (Lipinski definition) is 3. The SMILES string of the molecule is CC(=CN(CCN(C)C)Cc1ccccc1)C(=O)O.Cl. The fraction of sp³-hybridized carbons (Fsp3) is 0.400. The second-order valence-electron chi connectivity index (χ2n) is 4.88. The third-order valence-electron chi connectivity index (χ3n) is 2.78. The molecule has 1 aromatic carbocycles. The number of carboxylic acids is 1. The van der Waals surface area contributed by atoms with E-state index in [1.807, 2.05) is 49.3 Å². The van der Waals surface area contributed by atoms with Gasteiger partial charge in [0.1, 0.15) is 0 Å². The van der Waals surface area contributed by atoms with Gasteiger partial charge in [0.05, 0.1) is 0 Å². The van der Waals surface area contributed by atoms with Gasteiger partial charge in [-0.15, -0.1) is 12.4 Å². The van der Waals surface area contributed by atoms with E-state index in [1.165, 1.54) is 5.56 Å². The Hall–Kier alpha value is -1.52. The summed E-state index contributed by atoms with van der Waals surface area (Å²) in [6.07, 6.45) is 1.72. The highest BCUT2D eigenvalue weighted by molar-refractivity contribution is 5.85. The van der Waals surface area contributed by atoms with Crippen LogP contribution in [-0.2, 0) is 11.3 Å². The minimum atomic E-state index is -0.872. The van der Waals surface area contributed by atoms with E-state index in [-0.39, 0.29) is 12.4 Å². The molecule has 1 N–H and O–H groups in total. The van der Waals surface area contributed by atoms with E-state index < -0.39 is 5.97 Å². The van der Waals surface area contributed by atoms with E-state index in [2.05, 4.69) is 4.90 Å². The number of likely N-dealkylation sites (N-methyl/N-ethyl adjacent to an activating group) is 1. The molecule has 0 amide bonds. The predicted molar refractivity (Wildman–Crippen MR) is 84.0 cm³/mol. The van der Waals surface area contributed by atoms with Gasteiger partial charge in [0, 0.05) is 31.4 Å². The van der Waals surface area contributed by atoms with Gasteiger partial charge in [0.15, 0.2) is 0 Å². The summed E-state index contributed by atoms with van der Waals surface area (Å²) in [6.45, 7) is 4.03. The minimum absolute atomic E-state index is 0. The summed E-state index contributed by atoms with van der Waals surface area (Å²) in [5.74, 6) is -0.872. The van der Waals surface area contributed by atoms with Gasteiger partial charge in [-0.3, -0.25) is 0 Å². The van der Waals surface area contributed by atoms with Crippen molar-refractivity contribution in [2.75, 3.05) is 27.2 Å². The second kappa shape index (κ2) is 9.39. The first-order valence-corrected chi connectivity index (χ1v) is 6.33. The van der Waals surface area contributed by atoms with E-state index in [0.717, 1.165) is 19.6 Å². The van der Waals surface area contributed by atoms with Crippen molar-refractivity contribution in [1.82, 2.24) is 9.80 Å². The maximum atomic E-state index is 10.9. The first kappa shape index (κ1) is 18.5. The van der Waals surface area contributed by atoms with Gasteiger partial charge in [-0.2, -0.15) is 0 Å². The molecule has 0 aliphatic heterocycles. The number of carboxylic acid groups (broad SMARTS) is 1. The number of hydrogen-bond donors (Lipinski definition) is 1. The van der Waals surface area contributed by atoms with Crippen LogP contribution in [0, 0.1) is 0 Å². The monoisotopic (exact) mass is 298 g/mol. The van der Waals surface area contributed by atoms with E-state index in [0.29, 0.717) is 5.57 Å². The molecule has 0 atom stereocenters. The van der Waals surface area contributed by atoms with Crippen LogP contribution < -0.4 is 0 Å². The Morgan fingerprint density at radius 1 is 1.20 bits per heavy atom. The summed E-state index contributed by atoms with van der Waals surface area (Å²) in [5.41, 5.74) is 1.53. The highest BCUT2D eigenvalue weighted by Crippen LogP contribution is 2.07. The van der Waals surface area contributed by atoms with Gasteiger partial charge in [-0.25, -0.2) is 4.79 Å². The molecule has 0 saturated carbocycles. The maximum Gasteiger partial charge on any atom is 0.332 e. The highest BCUT2D eigenvalue weighted by atomic mass is 35.5. The molecule has 0 heterocycles. The van der Waals surface area contributed by atoms with Gasteiger partial charge < -0.3 is 14.9 Å². The largest absolute Gasteiger partial charge is 0.478 e. The molecule has 112 valence electrons. The highest BCUT2D eigenvalue weighted by Gasteiger charge is 2.06. The molecule has 0 bridgehead atoms. The van der Waals surface area contributed by atoms with Crippen molar-refractivity contribution in [1.29, 1.82) is 0 Å². The molecule has 0 aromatic heterocycles. The fourth-order valence-corrected chi connectivity index (χ4v) is 1.66. The average Bonchev–Trinajstić information content (AvgIpc) is 2.37. The molecule has 0 unspecified atom stereocenters. The summed E-state index contributed by atoms with van der Waals surface area (Å²) in [6, 6.07) is 10.1. The van der Waals surface area contributed by atoms with Crippen molar-refractivity contribution in [3.63, 3.8) is 0 Å². The van der Waals surface area contributed by atoms with Gasteiger partial charge in [0.25, 0.3) is 0 Å². The Kier molecular flexibility index (Phi) is 8.68. The molecule has 0 radical (unpaired) electrons. The van der Waals surface area contributed by atoms with Gasteiger partial charge in [-0.05, 0) is 26.6 Å². The lowest BCUT2D eigenvalue weighted by atomic mass is 10.2. The van der Waals surface area contributed by atoms with Crippen molar-refractivity contribution < 1.29 is 9.90 Å². The van der Waals surface area contributed by atoms with E-state index in [1.54, 1.807) is 13.1 Å². The van der Waals surface area contributed by atoms with Crippen LogP contribution in [0.3, 0.4) is 0 Å². The van der Waals surface area contributed by atoms with Crippen LogP contribution in [0.1, 0.15) is 12.5 Å². The molecule has 5 heteroatoms. The summed E-state index contributed by atoms with van der Waals surface area (Å²) in [4.78, 5) is 15.0. The molecule has 0 aliphatic carbocycles. The number of benzene rings is 1. The van der Waals surface area contributed by atoms with Crippen LogP contribution in [0.5, 0.6) is 0 Å². The summed E-state index contributed by atoms with van der Waals surface area (Å²) in [5, 5.41) is 8.97. The Bertz CT molecular complexity index is 433. The molecule has 1 rings (SSSR count). The number of halogens is 1. The summed E-state index contributed by atoms with van der Waals surface area (Å²) in [7, 11) is 4.02. The van der Waals surface area contributed by atoms with Gasteiger partial charge in [0.2, 0.25) is 0 Å². The molecule has 0 aliphatic rings. The van der Waals surface area contributed by atoms with Crippen LogP contribution in [0.15, 0.2) is 42.1 Å². The van der Waals surface area contributed by atoms with Crippen LogP contribution in [-0.4, -0.2) is 48.1 Å². The molecular formula is C15H23ClN2O2. The van der Waals surface area contributed by atoms with Crippen molar-refractivity contribution in [3.8, 4) is 0 Å². The first-order valence-electron chi connectivity index (χ1n) is 6.33. The Labute approximate surface area is 127 Å². The van der Waals surface area contributed by atoms with Gasteiger partial charge in [-0.1, -0.05) is 30.3 Å². The van der Waals surface area contributed by atoms with E-state index in [4.69, 9.17) is 5.11 Å². The fourth-order valence-electron chi connectivity index (χ4n) is 1.66. The number of carbonyl (C=O) groups is 1. The quantitative estimate of drug-likeness (QED) is 0.785. The predicted octanol–water partition coefficient (Wildman–Crippen LogP) is 2.46. The molecule has 4 nitrogen and oxygen atoms in total. The average molecular weight is 299 g/mol. The number of rotatable bonds is 7. The first-order chi connectivity index (χ1) is 8.99. The minimum Gasteiger partial charge on any atom is -0.478 e. The summed E-state index contributed by atoms with van der Waals surface area (Å²) >= 11 is 0. The Morgan fingerprint density at radius 3 is 2.30 bits per heavy atom. The van der Waals surface area contributed by atoms with Crippen molar-refractivity contribution in [2.45, 2.75) is 13.5 Å². The third kappa shape index (κ3) is 7.16. The number of aliphatic carboxylic acids is 1. The molecule has 0 saturated heterocycles. The Balaban J connectivity index is 0.00000361. The van der Waals surface area contributed by atoms with Crippen LogP contribution in [0.2, 0.25) is 0 Å². The normalized spacial score (nSPS) is 11.1. The lowest BCUT2D eigenvalue weighted by Gasteiger charge is -2.23. The van der Waals surface area contributed by atoms with Gasteiger partial charge >= 0.3 is 5.97 Å². The smallest absolute Gasteiger partial charge is 0.332 e. The maximum absolute atomic E-state index is 10.9. The molecule has 1 aromatic rings. The molecule has 0 spiro atoms. The molecular weight excluding hydrogens is 276 g/mol. The lowest BCUT2D eigenvalue weighted by Crippen LogP contribution is -2.28. The van der Waals surface area contributed by atoms with E-state index >= 15 is 0 Å². The topological polar surface area (TPSA) is 43.8 Å².